The number of hydrogen-bond acceptors (Lipinski definition) is 7. The number of carbonyl (C=O) groups excluding carboxylic acids is 2. The third-order valence-corrected chi connectivity index (χ3v) is 4.47. The number of likely N-dealkylation sites (tertiary alicyclic amines) is 1. The van der Waals surface area contributed by atoms with E-state index >= 15 is 0 Å². The fourth-order valence-corrected chi connectivity index (χ4v) is 3.35. The van der Waals surface area contributed by atoms with Crippen LogP contribution in [0.5, 0.6) is 11.5 Å². The van der Waals surface area contributed by atoms with Gasteiger partial charge < -0.3 is 19.1 Å². The first kappa shape index (κ1) is 20.5. The molecule has 9 nitrogen and oxygen atoms in total. The number of methoxy groups -OCH3 is 2. The normalized spacial score (nSPS) is 19.3. The molecule has 0 unspecified atom stereocenters. The Morgan fingerprint density at radius 3 is 2.22 bits per heavy atom. The molecule has 0 aliphatic carbocycles. The van der Waals surface area contributed by atoms with Crippen LogP contribution >= 0.6 is 0 Å². The van der Waals surface area contributed by atoms with Gasteiger partial charge in [0.15, 0.2) is 18.1 Å². The summed E-state index contributed by atoms with van der Waals surface area (Å²) in [6.07, 6.45) is 1.04. The highest BCUT2D eigenvalue weighted by Gasteiger charge is 2.29. The van der Waals surface area contributed by atoms with Gasteiger partial charge in [0.2, 0.25) is 0 Å². The Morgan fingerprint density at radius 1 is 1.15 bits per heavy atom. The molecular formula is C18H24N2O7. The second kappa shape index (κ2) is 8.70. The number of hydrogen-bond donors (Lipinski definition) is 0. The Kier molecular flexibility index (Phi) is 6.59. The van der Waals surface area contributed by atoms with E-state index in [2.05, 4.69) is 13.8 Å². The highest BCUT2D eigenvalue weighted by Crippen LogP contribution is 2.34. The van der Waals surface area contributed by atoms with Crippen LogP contribution in [-0.2, 0) is 9.53 Å². The van der Waals surface area contributed by atoms with E-state index in [-0.39, 0.29) is 23.0 Å². The van der Waals surface area contributed by atoms with Gasteiger partial charge in [-0.05, 0) is 18.3 Å². The maximum absolute atomic E-state index is 12.4. The van der Waals surface area contributed by atoms with E-state index in [1.165, 1.54) is 20.3 Å². The summed E-state index contributed by atoms with van der Waals surface area (Å²) in [5.74, 6) is -0.257. The molecule has 0 bridgehead atoms. The van der Waals surface area contributed by atoms with Crippen molar-refractivity contribution in [1.29, 1.82) is 0 Å². The van der Waals surface area contributed by atoms with Gasteiger partial charge in [-0.25, -0.2) is 4.79 Å². The van der Waals surface area contributed by atoms with E-state index in [0.717, 1.165) is 12.5 Å². The molecular weight excluding hydrogens is 356 g/mol. The van der Waals surface area contributed by atoms with Crippen LogP contribution in [0.3, 0.4) is 0 Å². The van der Waals surface area contributed by atoms with E-state index in [9.17, 15) is 19.7 Å². The average molecular weight is 380 g/mol. The van der Waals surface area contributed by atoms with Crippen molar-refractivity contribution in [2.24, 2.45) is 11.8 Å². The lowest BCUT2D eigenvalue weighted by molar-refractivity contribution is -0.385. The molecule has 1 aliphatic rings. The molecule has 2 rings (SSSR count). The lowest BCUT2D eigenvalue weighted by Crippen LogP contribution is -2.44. The van der Waals surface area contributed by atoms with Crippen LogP contribution < -0.4 is 9.47 Å². The molecule has 27 heavy (non-hydrogen) atoms. The Morgan fingerprint density at radius 2 is 1.70 bits per heavy atom. The standard InChI is InChI=1S/C18H24N2O7/c1-11-5-12(2)9-19(8-11)17(21)10-27-18(22)13-6-15(25-3)16(26-4)7-14(13)20(23)24/h6-7,11-12H,5,8-10H2,1-4H3/t11-,12-/m0/s1. The van der Waals surface area contributed by atoms with E-state index in [4.69, 9.17) is 14.2 Å². The summed E-state index contributed by atoms with van der Waals surface area (Å²) < 4.78 is 15.1. The van der Waals surface area contributed by atoms with Crippen molar-refractivity contribution < 1.29 is 28.7 Å². The number of rotatable bonds is 6. The molecule has 0 N–H and O–H groups in total. The van der Waals surface area contributed by atoms with Gasteiger partial charge in [-0.1, -0.05) is 13.8 Å². The van der Waals surface area contributed by atoms with Crippen LogP contribution in [0, 0.1) is 22.0 Å². The van der Waals surface area contributed by atoms with Crippen molar-refractivity contribution >= 4 is 17.6 Å². The van der Waals surface area contributed by atoms with Crippen LogP contribution in [0.1, 0.15) is 30.6 Å². The van der Waals surface area contributed by atoms with Crippen molar-refractivity contribution in [3.05, 3.63) is 27.8 Å². The Hall–Kier alpha value is -2.84. The topological polar surface area (TPSA) is 108 Å². The van der Waals surface area contributed by atoms with Gasteiger partial charge in [0.1, 0.15) is 5.56 Å². The molecule has 2 atom stereocenters. The SMILES string of the molecule is COc1cc(C(=O)OCC(=O)N2C[C@@H](C)C[C@H](C)C2)c([N+](=O)[O-])cc1OC. The smallest absolute Gasteiger partial charge is 0.345 e. The minimum absolute atomic E-state index is 0.119. The summed E-state index contributed by atoms with van der Waals surface area (Å²) in [5.41, 5.74) is -0.781. The third-order valence-electron chi connectivity index (χ3n) is 4.47. The molecule has 9 heteroatoms. The first-order chi connectivity index (χ1) is 12.8. The molecule has 1 saturated heterocycles. The second-order valence-corrected chi connectivity index (χ2v) is 6.80. The number of esters is 1. The minimum Gasteiger partial charge on any atom is -0.493 e. The number of carbonyl (C=O) groups is 2. The van der Waals surface area contributed by atoms with Crippen molar-refractivity contribution in [2.75, 3.05) is 33.9 Å². The lowest BCUT2D eigenvalue weighted by Gasteiger charge is -2.34. The van der Waals surface area contributed by atoms with E-state index in [1.54, 1.807) is 4.90 Å². The molecule has 1 aliphatic heterocycles. The van der Waals surface area contributed by atoms with Gasteiger partial charge in [-0.15, -0.1) is 0 Å². The van der Waals surface area contributed by atoms with Gasteiger partial charge in [-0.2, -0.15) is 0 Å². The Balaban J connectivity index is 2.13. The quantitative estimate of drug-likeness (QED) is 0.423. The molecule has 0 saturated carbocycles. The first-order valence-electron chi connectivity index (χ1n) is 8.62. The average Bonchev–Trinajstić information content (AvgIpc) is 2.63. The summed E-state index contributed by atoms with van der Waals surface area (Å²) in [6.45, 7) is 4.88. The van der Waals surface area contributed by atoms with Crippen LogP contribution in [0.2, 0.25) is 0 Å². The third kappa shape index (κ3) is 4.87. The van der Waals surface area contributed by atoms with Crippen molar-refractivity contribution in [2.45, 2.75) is 20.3 Å². The first-order valence-corrected chi connectivity index (χ1v) is 8.62. The summed E-state index contributed by atoms with van der Waals surface area (Å²) >= 11 is 0. The van der Waals surface area contributed by atoms with Gasteiger partial charge in [-0.3, -0.25) is 14.9 Å². The predicted molar refractivity (Wildman–Crippen MR) is 96.0 cm³/mol. The summed E-state index contributed by atoms with van der Waals surface area (Å²) in [4.78, 5) is 36.9. The van der Waals surface area contributed by atoms with Gasteiger partial charge in [0, 0.05) is 19.2 Å². The lowest BCUT2D eigenvalue weighted by atomic mass is 9.92. The zero-order valence-corrected chi connectivity index (χ0v) is 15.9. The molecule has 1 heterocycles. The molecule has 0 aromatic heterocycles. The number of nitro benzene ring substituents is 1. The fourth-order valence-electron chi connectivity index (χ4n) is 3.35. The van der Waals surface area contributed by atoms with E-state index in [1.807, 2.05) is 0 Å². The number of benzene rings is 1. The van der Waals surface area contributed by atoms with E-state index in [0.29, 0.717) is 24.9 Å². The predicted octanol–water partition coefficient (Wildman–Crippen LogP) is 2.27. The number of amides is 1. The van der Waals surface area contributed by atoms with Crippen molar-refractivity contribution in [3.63, 3.8) is 0 Å². The number of nitrogens with zero attached hydrogens (tertiary/aromatic N) is 2. The zero-order chi connectivity index (χ0) is 20.1. The molecule has 1 fully saturated rings. The van der Waals surface area contributed by atoms with Gasteiger partial charge in [0.05, 0.1) is 25.2 Å². The summed E-state index contributed by atoms with van der Waals surface area (Å²) in [7, 11) is 2.68. The molecule has 1 amide bonds. The van der Waals surface area contributed by atoms with E-state index < -0.39 is 23.2 Å². The highest BCUT2D eigenvalue weighted by molar-refractivity contribution is 5.96. The summed E-state index contributed by atoms with van der Waals surface area (Å²) in [6, 6.07) is 2.26. The van der Waals surface area contributed by atoms with Crippen molar-refractivity contribution in [3.8, 4) is 11.5 Å². The highest BCUT2D eigenvalue weighted by atomic mass is 16.6. The Labute approximate surface area is 157 Å². The number of piperidine rings is 1. The summed E-state index contributed by atoms with van der Waals surface area (Å²) in [5, 5.41) is 11.3. The van der Waals surface area contributed by atoms with Crippen LogP contribution in [0.25, 0.3) is 0 Å². The van der Waals surface area contributed by atoms with Crippen LogP contribution in [0.15, 0.2) is 12.1 Å². The maximum atomic E-state index is 12.4. The monoisotopic (exact) mass is 380 g/mol. The zero-order valence-electron chi connectivity index (χ0n) is 15.9. The number of ether oxygens (including phenoxy) is 3. The van der Waals surface area contributed by atoms with Crippen molar-refractivity contribution in [1.82, 2.24) is 4.90 Å². The second-order valence-electron chi connectivity index (χ2n) is 6.80. The molecule has 148 valence electrons. The molecule has 1 aromatic rings. The van der Waals surface area contributed by atoms with Gasteiger partial charge >= 0.3 is 5.97 Å². The van der Waals surface area contributed by atoms with Gasteiger partial charge in [0.25, 0.3) is 11.6 Å². The largest absolute Gasteiger partial charge is 0.493 e. The van der Waals surface area contributed by atoms with Crippen LogP contribution in [-0.4, -0.2) is 55.6 Å². The molecule has 0 radical (unpaired) electrons. The van der Waals surface area contributed by atoms with Crippen LogP contribution in [0.4, 0.5) is 5.69 Å². The molecule has 0 spiro atoms. The molecule has 1 aromatic carbocycles. The minimum atomic E-state index is -0.964. The number of nitro groups is 1. The Bertz CT molecular complexity index is 725. The maximum Gasteiger partial charge on any atom is 0.345 e. The fraction of sp³-hybridized carbons (Fsp3) is 0.556.